The molecule has 6 nitrogen and oxygen atoms in total. The van der Waals surface area contributed by atoms with E-state index >= 15 is 0 Å². The number of aromatic amines is 1. The monoisotopic (exact) mass is 475 g/mol. The number of H-pyrrole nitrogens is 1. The van der Waals surface area contributed by atoms with Gasteiger partial charge in [-0.1, -0.05) is 12.1 Å². The molecule has 1 aromatic carbocycles. The van der Waals surface area contributed by atoms with E-state index in [1.807, 2.05) is 60.3 Å². The molecule has 1 N–H and O–H groups in total. The fraction of sp³-hybridized carbons (Fsp3) is 0.0769. The Morgan fingerprint density at radius 3 is 2.47 bits per heavy atom. The lowest BCUT2D eigenvalue weighted by Gasteiger charge is -2.06. The van der Waals surface area contributed by atoms with Gasteiger partial charge in [0.05, 0.1) is 0 Å². The van der Waals surface area contributed by atoms with Crippen molar-refractivity contribution in [2.75, 3.05) is 0 Å². The number of allylic oxidation sites excluding steroid dienone is 2. The van der Waals surface area contributed by atoms with Gasteiger partial charge in [-0.3, -0.25) is 0 Å². The molecule has 5 rings (SSSR count). The molecule has 0 fully saturated rings. The van der Waals surface area contributed by atoms with Gasteiger partial charge in [0.2, 0.25) is 0 Å². The summed E-state index contributed by atoms with van der Waals surface area (Å²) in [5.74, 6) is 1.12. The maximum absolute atomic E-state index is 8.97. The van der Waals surface area contributed by atoms with Crippen LogP contribution in [-0.4, -0.2) is 4.98 Å². The molecule has 0 saturated carbocycles. The van der Waals surface area contributed by atoms with Gasteiger partial charge in [-0.15, -0.1) is 23.1 Å². The minimum atomic E-state index is -0.00632. The Labute approximate surface area is 203 Å². The summed E-state index contributed by atoms with van der Waals surface area (Å²) < 4.78 is 5.81. The Morgan fingerprint density at radius 1 is 0.941 bits per heavy atom. The van der Waals surface area contributed by atoms with Crippen molar-refractivity contribution in [3.8, 4) is 35.6 Å². The van der Waals surface area contributed by atoms with E-state index in [9.17, 15) is 0 Å². The SMILES string of the molecule is N#CC(C#N)=Cc1ccc(-c2ccc3c4c([nH]c3c2)CC(c2ccc(C=C(C#N)C#N)s2)S4)o1. The molecule has 8 heteroatoms. The Kier molecular flexibility index (Phi) is 5.54. The van der Waals surface area contributed by atoms with Gasteiger partial charge in [0.15, 0.2) is 0 Å². The summed E-state index contributed by atoms with van der Waals surface area (Å²) in [7, 11) is 0. The van der Waals surface area contributed by atoms with Crippen LogP contribution in [0, 0.1) is 45.3 Å². The van der Waals surface area contributed by atoms with E-state index in [0.717, 1.165) is 27.8 Å². The highest BCUT2D eigenvalue weighted by Gasteiger charge is 2.28. The highest BCUT2D eigenvalue weighted by molar-refractivity contribution is 8.00. The van der Waals surface area contributed by atoms with Gasteiger partial charge < -0.3 is 9.40 Å². The Bertz CT molecular complexity index is 1640. The fourth-order valence-electron chi connectivity index (χ4n) is 3.86. The predicted octanol–water partition coefficient (Wildman–Crippen LogP) is 6.74. The average molecular weight is 476 g/mol. The third-order valence-corrected chi connectivity index (χ3v) is 8.11. The van der Waals surface area contributed by atoms with E-state index in [2.05, 4.69) is 17.1 Å². The molecule has 0 radical (unpaired) electrons. The number of fused-ring (bicyclic) bond motifs is 3. The summed E-state index contributed by atoms with van der Waals surface area (Å²) in [5.41, 5.74) is 3.23. The van der Waals surface area contributed by atoms with Crippen LogP contribution in [0.3, 0.4) is 0 Å². The van der Waals surface area contributed by atoms with E-state index in [1.165, 1.54) is 21.5 Å². The molecule has 1 aliphatic rings. The van der Waals surface area contributed by atoms with Gasteiger partial charge in [0.1, 0.15) is 46.9 Å². The molecule has 1 unspecified atom stereocenters. The number of thioether (sulfide) groups is 1. The van der Waals surface area contributed by atoms with Crippen molar-refractivity contribution < 1.29 is 4.42 Å². The molecular formula is C26H13N5OS2. The molecule has 34 heavy (non-hydrogen) atoms. The lowest BCUT2D eigenvalue weighted by molar-refractivity contribution is 0.571. The molecule has 4 aromatic rings. The second-order valence-electron chi connectivity index (χ2n) is 7.51. The van der Waals surface area contributed by atoms with E-state index in [-0.39, 0.29) is 11.1 Å². The zero-order valence-electron chi connectivity index (χ0n) is 17.5. The number of rotatable bonds is 4. The van der Waals surface area contributed by atoms with Gasteiger partial charge in [0.25, 0.3) is 0 Å². The number of benzene rings is 1. The number of hydrogen-bond donors (Lipinski definition) is 1. The first-order valence-corrected chi connectivity index (χ1v) is 11.9. The van der Waals surface area contributed by atoms with E-state index in [4.69, 9.17) is 25.5 Å². The Balaban J connectivity index is 1.38. The summed E-state index contributed by atoms with van der Waals surface area (Å²) in [6.07, 6.45) is 3.92. The summed E-state index contributed by atoms with van der Waals surface area (Å²) in [6.45, 7) is 0. The molecular weight excluding hydrogens is 462 g/mol. The van der Waals surface area contributed by atoms with Crippen molar-refractivity contribution in [2.45, 2.75) is 16.6 Å². The second-order valence-corrected chi connectivity index (χ2v) is 9.87. The zero-order chi connectivity index (χ0) is 23.7. The van der Waals surface area contributed by atoms with Gasteiger partial charge in [0, 0.05) is 54.6 Å². The van der Waals surface area contributed by atoms with Crippen LogP contribution in [-0.2, 0) is 6.42 Å². The first-order chi connectivity index (χ1) is 16.6. The number of furan rings is 1. The van der Waals surface area contributed by atoms with Gasteiger partial charge in [-0.2, -0.15) is 21.0 Å². The third kappa shape index (κ3) is 3.90. The van der Waals surface area contributed by atoms with Crippen LogP contribution < -0.4 is 0 Å². The average Bonchev–Trinajstić information content (AvgIpc) is 3.64. The number of hydrogen-bond acceptors (Lipinski definition) is 7. The standard InChI is InChI=1S/C26H13N5OS2/c27-11-15(12-28)7-18-2-5-23(32-18)17-1-4-20-21(9-17)31-22-10-25(34-26(20)22)24-6-3-19(33-24)8-16(13-29)14-30/h1-9,25,31H,10H2. The van der Waals surface area contributed by atoms with Crippen molar-refractivity contribution in [1.29, 1.82) is 21.0 Å². The first kappa shape index (κ1) is 21.4. The smallest absolute Gasteiger partial charge is 0.134 e. The molecule has 0 spiro atoms. The van der Waals surface area contributed by atoms with Crippen LogP contribution >= 0.6 is 23.1 Å². The van der Waals surface area contributed by atoms with Crippen LogP contribution in [0.4, 0.5) is 0 Å². The van der Waals surface area contributed by atoms with Crippen LogP contribution in [0.2, 0.25) is 0 Å². The molecule has 0 amide bonds. The summed E-state index contributed by atoms with van der Waals surface area (Å²) >= 11 is 3.43. The second kappa shape index (κ2) is 8.81. The predicted molar refractivity (Wildman–Crippen MR) is 131 cm³/mol. The van der Waals surface area contributed by atoms with Gasteiger partial charge in [-0.25, -0.2) is 0 Å². The van der Waals surface area contributed by atoms with Gasteiger partial charge >= 0.3 is 0 Å². The van der Waals surface area contributed by atoms with Crippen molar-refractivity contribution >= 4 is 46.2 Å². The third-order valence-electron chi connectivity index (χ3n) is 5.40. The normalized spacial score (nSPS) is 13.8. The van der Waals surface area contributed by atoms with Gasteiger partial charge in [-0.05, 0) is 36.4 Å². The molecule has 4 heterocycles. The van der Waals surface area contributed by atoms with Crippen LogP contribution in [0.25, 0.3) is 34.4 Å². The molecule has 160 valence electrons. The quantitative estimate of drug-likeness (QED) is 0.326. The summed E-state index contributed by atoms with van der Waals surface area (Å²) in [6, 6.07) is 21.2. The largest absolute Gasteiger partial charge is 0.457 e. The molecule has 3 aromatic heterocycles. The van der Waals surface area contributed by atoms with Crippen molar-refractivity contribution in [1.82, 2.24) is 4.98 Å². The molecule has 0 bridgehead atoms. The number of thiophene rings is 1. The molecule has 1 atom stereocenters. The maximum atomic E-state index is 8.97. The van der Waals surface area contributed by atoms with Crippen LogP contribution in [0.15, 0.2) is 62.9 Å². The maximum Gasteiger partial charge on any atom is 0.134 e. The Hall–Kier alpha value is -4.47. The number of nitrogens with one attached hydrogen (secondary N) is 1. The van der Waals surface area contributed by atoms with Crippen molar-refractivity contribution in [3.63, 3.8) is 0 Å². The summed E-state index contributed by atoms with van der Waals surface area (Å²) in [5, 5.41) is 37.2. The lowest BCUT2D eigenvalue weighted by atomic mass is 10.1. The Morgan fingerprint density at radius 2 is 1.71 bits per heavy atom. The molecule has 0 saturated heterocycles. The number of aromatic nitrogens is 1. The van der Waals surface area contributed by atoms with Crippen molar-refractivity contribution in [3.05, 3.63) is 74.8 Å². The number of nitrogens with zero attached hydrogens (tertiary/aromatic N) is 4. The fourth-order valence-corrected chi connectivity index (χ4v) is 6.39. The van der Waals surface area contributed by atoms with E-state index < -0.39 is 0 Å². The van der Waals surface area contributed by atoms with Crippen LogP contribution in [0.5, 0.6) is 0 Å². The highest BCUT2D eigenvalue weighted by atomic mass is 32.2. The first-order valence-electron chi connectivity index (χ1n) is 10.2. The minimum absolute atomic E-state index is 0.00632. The summed E-state index contributed by atoms with van der Waals surface area (Å²) in [4.78, 5) is 6.90. The zero-order valence-corrected chi connectivity index (χ0v) is 19.1. The lowest BCUT2D eigenvalue weighted by Crippen LogP contribution is -1.89. The van der Waals surface area contributed by atoms with E-state index in [0.29, 0.717) is 16.8 Å². The van der Waals surface area contributed by atoms with E-state index in [1.54, 1.807) is 23.5 Å². The van der Waals surface area contributed by atoms with Crippen molar-refractivity contribution in [2.24, 2.45) is 0 Å². The van der Waals surface area contributed by atoms with Crippen LogP contribution in [0.1, 0.15) is 26.5 Å². The molecule has 1 aliphatic heterocycles. The highest BCUT2D eigenvalue weighted by Crippen LogP contribution is 2.51. The molecule has 0 aliphatic carbocycles. The minimum Gasteiger partial charge on any atom is -0.457 e. The number of nitriles is 4. The topological polar surface area (TPSA) is 124 Å².